The topological polar surface area (TPSA) is 66.5 Å². The van der Waals surface area contributed by atoms with Gasteiger partial charge in [0.1, 0.15) is 9.77 Å². The number of benzene rings is 2. The van der Waals surface area contributed by atoms with E-state index >= 15 is 0 Å². The molecule has 0 aliphatic carbocycles. The molecule has 0 bridgehead atoms. The molecule has 27 heavy (non-hydrogen) atoms. The molecule has 7 heteroatoms. The number of aryl methyl sites for hydroxylation is 2. The molecule has 0 unspecified atom stereocenters. The summed E-state index contributed by atoms with van der Waals surface area (Å²) in [7, 11) is -2.37. The van der Waals surface area contributed by atoms with E-state index in [2.05, 4.69) is 5.32 Å². The molecule has 5 nitrogen and oxygen atoms in total. The average Bonchev–Trinajstić information content (AvgIpc) is 3.12. The summed E-state index contributed by atoms with van der Waals surface area (Å²) in [6.07, 6.45) is 0. The van der Waals surface area contributed by atoms with Gasteiger partial charge < -0.3 is 5.32 Å². The Morgan fingerprint density at radius 2 is 1.67 bits per heavy atom. The first kappa shape index (κ1) is 19.1. The maximum absolute atomic E-state index is 13.1. The molecule has 0 saturated carbocycles. The Bertz CT molecular complexity index is 1090. The number of nitrogens with zero attached hydrogens (tertiary/aromatic N) is 1. The van der Waals surface area contributed by atoms with Crippen molar-refractivity contribution in [3.05, 3.63) is 76.0 Å². The first-order chi connectivity index (χ1) is 12.8. The highest BCUT2D eigenvalue weighted by molar-refractivity contribution is 7.93. The molecule has 1 N–H and O–H groups in total. The summed E-state index contributed by atoms with van der Waals surface area (Å²) in [6, 6.07) is 16.0. The Kier molecular flexibility index (Phi) is 5.34. The van der Waals surface area contributed by atoms with E-state index in [4.69, 9.17) is 0 Å². The highest BCUT2D eigenvalue weighted by atomic mass is 32.2. The molecule has 0 saturated heterocycles. The third-order valence-corrected chi connectivity index (χ3v) is 6.99. The van der Waals surface area contributed by atoms with Gasteiger partial charge >= 0.3 is 0 Å². The summed E-state index contributed by atoms with van der Waals surface area (Å²) in [4.78, 5) is 12.8. The monoisotopic (exact) mass is 400 g/mol. The molecule has 3 aromatic rings. The zero-order chi connectivity index (χ0) is 19.6. The largest absolute Gasteiger partial charge is 0.321 e. The fraction of sp³-hybridized carbons (Fsp3) is 0.150. The van der Waals surface area contributed by atoms with E-state index in [0.717, 1.165) is 22.5 Å². The van der Waals surface area contributed by atoms with Gasteiger partial charge in [0.05, 0.1) is 5.69 Å². The molecule has 0 aliphatic heterocycles. The van der Waals surface area contributed by atoms with Gasteiger partial charge in [0.15, 0.2) is 0 Å². The normalized spacial score (nSPS) is 11.2. The van der Waals surface area contributed by atoms with Crippen LogP contribution in [-0.4, -0.2) is 21.4 Å². The van der Waals surface area contributed by atoms with Gasteiger partial charge in [-0.3, -0.25) is 9.10 Å². The number of sulfonamides is 1. The van der Waals surface area contributed by atoms with Crippen LogP contribution in [0, 0.1) is 13.8 Å². The average molecular weight is 401 g/mol. The quantitative estimate of drug-likeness (QED) is 0.688. The predicted octanol–water partition coefficient (Wildman–Crippen LogP) is 4.44. The third kappa shape index (κ3) is 4.04. The van der Waals surface area contributed by atoms with E-state index in [-0.39, 0.29) is 9.77 Å². The summed E-state index contributed by atoms with van der Waals surface area (Å²) in [6.45, 7) is 3.82. The standard InChI is InChI=1S/C20H20N2O3S2/c1-14-6-4-8-16(12-14)21-20(23)19-18(10-11-26-19)27(24,25)22(3)17-9-5-7-15(2)13-17/h4-13H,1-3H3,(H,21,23). The van der Waals surface area contributed by atoms with Crippen LogP contribution in [0.15, 0.2) is 64.9 Å². The molecule has 2 aromatic carbocycles. The molecule has 1 heterocycles. The van der Waals surface area contributed by atoms with Gasteiger partial charge in [0.2, 0.25) is 0 Å². The van der Waals surface area contributed by atoms with Crippen LogP contribution >= 0.6 is 11.3 Å². The molecule has 0 aliphatic rings. The number of rotatable bonds is 5. The lowest BCUT2D eigenvalue weighted by Crippen LogP contribution is -2.28. The summed E-state index contributed by atoms with van der Waals surface area (Å²) in [5.41, 5.74) is 3.14. The molecule has 1 amide bonds. The molecular formula is C20H20N2O3S2. The lowest BCUT2D eigenvalue weighted by Gasteiger charge is -2.20. The summed E-state index contributed by atoms with van der Waals surface area (Å²) in [5, 5.41) is 4.39. The zero-order valence-corrected chi connectivity index (χ0v) is 16.9. The Morgan fingerprint density at radius 3 is 2.33 bits per heavy atom. The van der Waals surface area contributed by atoms with Crippen LogP contribution in [0.4, 0.5) is 11.4 Å². The Morgan fingerprint density at radius 1 is 1.00 bits per heavy atom. The van der Waals surface area contributed by atoms with Crippen LogP contribution in [0.2, 0.25) is 0 Å². The number of carbonyl (C=O) groups is 1. The van der Waals surface area contributed by atoms with Crippen molar-refractivity contribution < 1.29 is 13.2 Å². The van der Waals surface area contributed by atoms with Gasteiger partial charge in [-0.05, 0) is 60.7 Å². The predicted molar refractivity (Wildman–Crippen MR) is 110 cm³/mol. The highest BCUT2D eigenvalue weighted by Crippen LogP contribution is 2.29. The number of thiophene rings is 1. The minimum atomic E-state index is -3.86. The lowest BCUT2D eigenvalue weighted by molar-refractivity contribution is 0.102. The van der Waals surface area contributed by atoms with Crippen molar-refractivity contribution in [3.63, 3.8) is 0 Å². The number of amides is 1. The highest BCUT2D eigenvalue weighted by Gasteiger charge is 2.28. The maximum Gasteiger partial charge on any atom is 0.267 e. The first-order valence-corrected chi connectivity index (χ1v) is 10.6. The number of carbonyl (C=O) groups excluding carboxylic acids is 1. The molecular weight excluding hydrogens is 380 g/mol. The number of nitrogens with one attached hydrogen (secondary N) is 1. The van der Waals surface area contributed by atoms with E-state index < -0.39 is 15.9 Å². The van der Waals surface area contributed by atoms with Crippen molar-refractivity contribution in [2.45, 2.75) is 18.7 Å². The molecule has 3 rings (SSSR count). The van der Waals surface area contributed by atoms with Crippen LogP contribution in [-0.2, 0) is 10.0 Å². The van der Waals surface area contributed by atoms with Crippen LogP contribution in [0.5, 0.6) is 0 Å². The van der Waals surface area contributed by atoms with Gasteiger partial charge in [-0.15, -0.1) is 11.3 Å². The SMILES string of the molecule is Cc1cccc(NC(=O)c2sccc2S(=O)(=O)N(C)c2cccc(C)c2)c1. The van der Waals surface area contributed by atoms with Crippen LogP contribution in [0.3, 0.4) is 0 Å². The molecule has 0 radical (unpaired) electrons. The van der Waals surface area contributed by atoms with E-state index in [1.807, 2.05) is 38.1 Å². The minimum Gasteiger partial charge on any atom is -0.321 e. The molecule has 1 aromatic heterocycles. The van der Waals surface area contributed by atoms with Crippen molar-refractivity contribution in [3.8, 4) is 0 Å². The van der Waals surface area contributed by atoms with Crippen molar-refractivity contribution in [1.29, 1.82) is 0 Å². The van der Waals surface area contributed by atoms with Crippen LogP contribution in [0.25, 0.3) is 0 Å². The Hall–Kier alpha value is -2.64. The smallest absolute Gasteiger partial charge is 0.267 e. The van der Waals surface area contributed by atoms with Crippen LogP contribution in [0.1, 0.15) is 20.8 Å². The van der Waals surface area contributed by atoms with Crippen molar-refractivity contribution in [2.75, 3.05) is 16.7 Å². The van der Waals surface area contributed by atoms with Crippen molar-refractivity contribution in [2.24, 2.45) is 0 Å². The summed E-state index contributed by atoms with van der Waals surface area (Å²) < 4.78 is 27.4. The minimum absolute atomic E-state index is 0.00154. The number of hydrogen-bond donors (Lipinski definition) is 1. The van der Waals surface area contributed by atoms with Gasteiger partial charge in [-0.1, -0.05) is 24.3 Å². The zero-order valence-electron chi connectivity index (χ0n) is 15.3. The van der Waals surface area contributed by atoms with E-state index in [1.54, 1.807) is 29.6 Å². The van der Waals surface area contributed by atoms with Crippen LogP contribution < -0.4 is 9.62 Å². The Labute approximate surface area is 163 Å². The van der Waals surface area contributed by atoms with E-state index in [9.17, 15) is 13.2 Å². The second-order valence-corrected chi connectivity index (χ2v) is 9.10. The number of anilines is 2. The molecule has 140 valence electrons. The molecule has 0 fully saturated rings. The first-order valence-electron chi connectivity index (χ1n) is 8.30. The van der Waals surface area contributed by atoms with Gasteiger partial charge in [0, 0.05) is 12.7 Å². The second-order valence-electron chi connectivity index (χ2n) is 6.25. The van der Waals surface area contributed by atoms with Gasteiger partial charge in [-0.25, -0.2) is 8.42 Å². The maximum atomic E-state index is 13.1. The lowest BCUT2D eigenvalue weighted by atomic mass is 10.2. The van der Waals surface area contributed by atoms with Gasteiger partial charge in [0.25, 0.3) is 15.9 Å². The van der Waals surface area contributed by atoms with Crippen molar-refractivity contribution in [1.82, 2.24) is 0 Å². The third-order valence-electron chi connectivity index (χ3n) is 4.11. The fourth-order valence-corrected chi connectivity index (χ4v) is 5.17. The second kappa shape index (κ2) is 7.54. The van der Waals surface area contributed by atoms with Gasteiger partial charge in [-0.2, -0.15) is 0 Å². The summed E-state index contributed by atoms with van der Waals surface area (Å²) >= 11 is 1.11. The van der Waals surface area contributed by atoms with E-state index in [1.165, 1.54) is 17.4 Å². The van der Waals surface area contributed by atoms with E-state index in [0.29, 0.717) is 11.4 Å². The molecule has 0 spiro atoms. The summed E-state index contributed by atoms with van der Waals surface area (Å²) in [5.74, 6) is -0.438. The fourth-order valence-electron chi connectivity index (χ4n) is 2.69. The number of hydrogen-bond acceptors (Lipinski definition) is 4. The molecule has 0 atom stereocenters. The Balaban J connectivity index is 1.92. The van der Waals surface area contributed by atoms with Crippen molar-refractivity contribution >= 4 is 38.6 Å².